The summed E-state index contributed by atoms with van der Waals surface area (Å²) < 4.78 is 5.04. The number of aromatic amines is 1. The number of ether oxygens (including phenoxy) is 1. The Morgan fingerprint density at radius 2 is 2.29 bits per heavy atom. The van der Waals surface area contributed by atoms with Crippen LogP contribution in [0.1, 0.15) is 30.8 Å². The SMILES string of the molecule is COCCC(C)(C)CNC(=O)c1cc(N)c[nH]1. The number of methoxy groups -OCH3 is 1. The zero-order chi connectivity index (χ0) is 12.9. The van der Waals surface area contributed by atoms with Crippen LogP contribution >= 0.6 is 0 Å². The summed E-state index contributed by atoms with van der Waals surface area (Å²) in [6, 6.07) is 1.62. The minimum absolute atomic E-state index is 0.0177. The first kappa shape index (κ1) is 13.6. The molecule has 0 aliphatic heterocycles. The van der Waals surface area contributed by atoms with E-state index in [1.165, 1.54) is 0 Å². The second kappa shape index (κ2) is 5.72. The van der Waals surface area contributed by atoms with Gasteiger partial charge in [-0.25, -0.2) is 0 Å². The number of anilines is 1. The van der Waals surface area contributed by atoms with Gasteiger partial charge in [-0.2, -0.15) is 0 Å². The molecule has 96 valence electrons. The minimum Gasteiger partial charge on any atom is -0.397 e. The normalized spacial score (nSPS) is 11.5. The zero-order valence-corrected chi connectivity index (χ0v) is 10.7. The third-order valence-electron chi connectivity index (χ3n) is 2.66. The minimum atomic E-state index is -0.132. The average molecular weight is 239 g/mol. The van der Waals surface area contributed by atoms with Gasteiger partial charge < -0.3 is 20.8 Å². The van der Waals surface area contributed by atoms with Crippen LogP contribution in [0.15, 0.2) is 12.3 Å². The van der Waals surface area contributed by atoms with Gasteiger partial charge in [0.25, 0.3) is 5.91 Å². The Bertz CT molecular complexity index is 372. The fourth-order valence-electron chi connectivity index (χ4n) is 1.42. The molecule has 0 saturated heterocycles. The van der Waals surface area contributed by atoms with Crippen molar-refractivity contribution in [3.05, 3.63) is 18.0 Å². The second-order valence-electron chi connectivity index (χ2n) is 4.94. The molecule has 0 spiro atoms. The summed E-state index contributed by atoms with van der Waals surface area (Å²) in [4.78, 5) is 14.6. The third kappa shape index (κ3) is 4.48. The van der Waals surface area contributed by atoms with Gasteiger partial charge in [0.1, 0.15) is 5.69 Å². The lowest BCUT2D eigenvalue weighted by Gasteiger charge is -2.24. The molecule has 0 saturated carbocycles. The highest BCUT2D eigenvalue weighted by Gasteiger charge is 2.19. The Hall–Kier alpha value is -1.49. The highest BCUT2D eigenvalue weighted by Crippen LogP contribution is 2.18. The highest BCUT2D eigenvalue weighted by atomic mass is 16.5. The van der Waals surface area contributed by atoms with Crippen molar-refractivity contribution in [3.63, 3.8) is 0 Å². The summed E-state index contributed by atoms with van der Waals surface area (Å²) in [5, 5.41) is 2.88. The van der Waals surface area contributed by atoms with Crippen molar-refractivity contribution in [2.45, 2.75) is 20.3 Å². The van der Waals surface area contributed by atoms with Gasteiger partial charge in [0.2, 0.25) is 0 Å². The van der Waals surface area contributed by atoms with Crippen molar-refractivity contribution in [2.24, 2.45) is 5.41 Å². The molecule has 4 N–H and O–H groups in total. The molecule has 0 aromatic carbocycles. The van der Waals surface area contributed by atoms with Gasteiger partial charge in [0.15, 0.2) is 0 Å². The van der Waals surface area contributed by atoms with Crippen molar-refractivity contribution in [3.8, 4) is 0 Å². The van der Waals surface area contributed by atoms with Crippen LogP contribution in [0.3, 0.4) is 0 Å². The van der Waals surface area contributed by atoms with Crippen molar-refractivity contribution in [2.75, 3.05) is 26.0 Å². The first-order valence-electron chi connectivity index (χ1n) is 5.66. The van der Waals surface area contributed by atoms with Crippen molar-refractivity contribution >= 4 is 11.6 Å². The van der Waals surface area contributed by atoms with Crippen LogP contribution < -0.4 is 11.1 Å². The number of H-pyrrole nitrogens is 1. The van der Waals surface area contributed by atoms with E-state index in [4.69, 9.17) is 10.5 Å². The molecule has 1 aromatic rings. The summed E-state index contributed by atoms with van der Waals surface area (Å²) in [7, 11) is 1.68. The van der Waals surface area contributed by atoms with Crippen molar-refractivity contribution in [1.82, 2.24) is 10.3 Å². The van der Waals surface area contributed by atoms with Crippen LogP contribution in [0.5, 0.6) is 0 Å². The van der Waals surface area contributed by atoms with Gasteiger partial charge in [-0.3, -0.25) is 4.79 Å². The number of carbonyl (C=O) groups excluding carboxylic acids is 1. The summed E-state index contributed by atoms with van der Waals surface area (Å²) in [5.41, 5.74) is 6.61. The summed E-state index contributed by atoms with van der Waals surface area (Å²) >= 11 is 0. The van der Waals surface area contributed by atoms with Gasteiger partial charge in [0, 0.05) is 32.1 Å². The maximum Gasteiger partial charge on any atom is 0.267 e. The number of nitrogen functional groups attached to an aromatic ring is 1. The van der Waals surface area contributed by atoms with Gasteiger partial charge in [-0.1, -0.05) is 13.8 Å². The number of aromatic nitrogens is 1. The van der Waals surface area contributed by atoms with Crippen LogP contribution in [0.2, 0.25) is 0 Å². The summed E-state index contributed by atoms with van der Waals surface area (Å²) in [6.07, 6.45) is 2.50. The zero-order valence-electron chi connectivity index (χ0n) is 10.7. The van der Waals surface area contributed by atoms with E-state index in [0.29, 0.717) is 24.5 Å². The Kier molecular flexibility index (Phi) is 4.57. The molecule has 17 heavy (non-hydrogen) atoms. The number of rotatable bonds is 6. The molecule has 1 amide bonds. The second-order valence-corrected chi connectivity index (χ2v) is 4.94. The van der Waals surface area contributed by atoms with Crippen LogP contribution in [0.4, 0.5) is 5.69 Å². The van der Waals surface area contributed by atoms with E-state index >= 15 is 0 Å². The molecule has 0 unspecified atom stereocenters. The molecule has 0 atom stereocenters. The monoisotopic (exact) mass is 239 g/mol. The number of hydrogen-bond acceptors (Lipinski definition) is 3. The topological polar surface area (TPSA) is 80.1 Å². The Balaban J connectivity index is 2.42. The number of nitrogens with two attached hydrogens (primary N) is 1. The Labute approximate surface area is 102 Å². The molecule has 1 aromatic heterocycles. The number of nitrogens with one attached hydrogen (secondary N) is 2. The van der Waals surface area contributed by atoms with E-state index in [0.717, 1.165) is 6.42 Å². The van der Waals surface area contributed by atoms with E-state index < -0.39 is 0 Å². The first-order chi connectivity index (χ1) is 7.94. The van der Waals surface area contributed by atoms with Crippen LogP contribution in [0.25, 0.3) is 0 Å². The quantitative estimate of drug-likeness (QED) is 0.701. The lowest BCUT2D eigenvalue weighted by molar-refractivity contribution is 0.0916. The predicted molar refractivity (Wildman–Crippen MR) is 67.8 cm³/mol. The van der Waals surface area contributed by atoms with Crippen molar-refractivity contribution < 1.29 is 9.53 Å². The molecule has 1 heterocycles. The molecule has 1 rings (SSSR count). The molecule has 0 fully saturated rings. The maximum atomic E-state index is 11.7. The fraction of sp³-hybridized carbons (Fsp3) is 0.583. The van der Waals surface area contributed by atoms with E-state index in [1.54, 1.807) is 19.4 Å². The van der Waals surface area contributed by atoms with Crippen LogP contribution in [-0.4, -0.2) is 31.2 Å². The molecule has 0 bridgehead atoms. The van der Waals surface area contributed by atoms with Gasteiger partial charge in [0.05, 0.1) is 0 Å². The standard InChI is InChI=1S/C12H21N3O2/c1-12(2,4-5-17-3)8-15-11(16)10-6-9(13)7-14-10/h6-7,14H,4-5,8,13H2,1-3H3,(H,15,16). The van der Waals surface area contributed by atoms with E-state index in [1.807, 2.05) is 0 Å². The highest BCUT2D eigenvalue weighted by molar-refractivity contribution is 5.93. The first-order valence-corrected chi connectivity index (χ1v) is 5.66. The van der Waals surface area contributed by atoms with Crippen molar-refractivity contribution in [1.29, 1.82) is 0 Å². The molecule has 0 radical (unpaired) electrons. The number of amides is 1. The van der Waals surface area contributed by atoms with Crippen LogP contribution in [-0.2, 0) is 4.74 Å². The van der Waals surface area contributed by atoms with Gasteiger partial charge in [-0.15, -0.1) is 0 Å². The van der Waals surface area contributed by atoms with Gasteiger partial charge in [-0.05, 0) is 17.9 Å². The molecular formula is C12H21N3O2. The molecular weight excluding hydrogens is 218 g/mol. The maximum absolute atomic E-state index is 11.7. The Morgan fingerprint density at radius 3 is 2.82 bits per heavy atom. The van der Waals surface area contributed by atoms with E-state index in [2.05, 4.69) is 24.1 Å². The smallest absolute Gasteiger partial charge is 0.267 e. The van der Waals surface area contributed by atoms with Crippen LogP contribution in [0, 0.1) is 5.41 Å². The Morgan fingerprint density at radius 1 is 1.59 bits per heavy atom. The number of carbonyl (C=O) groups is 1. The fourth-order valence-corrected chi connectivity index (χ4v) is 1.42. The molecule has 5 heteroatoms. The van der Waals surface area contributed by atoms with Gasteiger partial charge >= 0.3 is 0 Å². The third-order valence-corrected chi connectivity index (χ3v) is 2.66. The lowest BCUT2D eigenvalue weighted by Crippen LogP contribution is -2.34. The molecule has 0 aliphatic rings. The molecule has 5 nitrogen and oxygen atoms in total. The van der Waals surface area contributed by atoms with E-state index in [9.17, 15) is 4.79 Å². The molecule has 0 aliphatic carbocycles. The number of hydrogen-bond donors (Lipinski definition) is 3. The summed E-state index contributed by atoms with van der Waals surface area (Å²) in [6.45, 7) is 5.48. The predicted octanol–water partition coefficient (Wildman–Crippen LogP) is 1.39. The average Bonchev–Trinajstić information content (AvgIpc) is 2.70. The largest absolute Gasteiger partial charge is 0.397 e. The summed E-state index contributed by atoms with van der Waals surface area (Å²) in [5.74, 6) is -0.132. The van der Waals surface area contributed by atoms with E-state index in [-0.39, 0.29) is 11.3 Å². The lowest BCUT2D eigenvalue weighted by atomic mass is 9.90.